The number of carbonyl (C=O) groups is 2. The molecule has 1 aliphatic heterocycles. The summed E-state index contributed by atoms with van der Waals surface area (Å²) in [6.45, 7) is 5.56. The van der Waals surface area contributed by atoms with E-state index in [-0.39, 0.29) is 11.1 Å². The Morgan fingerprint density at radius 2 is 1.55 bits per heavy atom. The third-order valence-electron chi connectivity index (χ3n) is 4.71. The molecular formula is C23H25NO4S. The molecule has 0 bridgehead atoms. The smallest absolute Gasteiger partial charge is 0.290 e. The van der Waals surface area contributed by atoms with E-state index in [1.807, 2.05) is 36.4 Å². The molecule has 0 aliphatic carbocycles. The van der Waals surface area contributed by atoms with Crippen LogP contribution in [0.4, 0.5) is 4.79 Å². The number of thioether (sulfide) groups is 1. The van der Waals surface area contributed by atoms with Crippen LogP contribution in [0.1, 0.15) is 43.7 Å². The van der Waals surface area contributed by atoms with Crippen LogP contribution in [0.15, 0.2) is 53.4 Å². The van der Waals surface area contributed by atoms with Gasteiger partial charge < -0.3 is 9.47 Å². The van der Waals surface area contributed by atoms with Crippen LogP contribution in [0.25, 0.3) is 6.08 Å². The van der Waals surface area contributed by atoms with E-state index in [0.29, 0.717) is 24.0 Å². The fourth-order valence-corrected chi connectivity index (χ4v) is 3.48. The average Bonchev–Trinajstić information content (AvgIpc) is 3.05. The molecule has 1 saturated heterocycles. The molecule has 1 fully saturated rings. The van der Waals surface area contributed by atoms with Crippen molar-refractivity contribution < 1.29 is 19.1 Å². The molecule has 0 saturated carbocycles. The highest BCUT2D eigenvalue weighted by atomic mass is 32.2. The minimum atomic E-state index is -0.352. The summed E-state index contributed by atoms with van der Waals surface area (Å²) in [5.74, 6) is 1.85. The van der Waals surface area contributed by atoms with E-state index >= 15 is 0 Å². The normalized spacial score (nSPS) is 16.0. The molecule has 0 spiro atoms. The first-order valence-corrected chi connectivity index (χ1v) is 10.6. The molecule has 152 valence electrons. The van der Waals surface area contributed by atoms with Gasteiger partial charge in [-0.15, -0.1) is 0 Å². The van der Waals surface area contributed by atoms with Crippen LogP contribution < -0.4 is 14.8 Å². The highest BCUT2D eigenvalue weighted by molar-refractivity contribution is 8.18. The van der Waals surface area contributed by atoms with Crippen LogP contribution in [0.3, 0.4) is 0 Å². The van der Waals surface area contributed by atoms with Gasteiger partial charge in [-0.2, -0.15) is 0 Å². The number of carbonyl (C=O) groups excluding carboxylic acids is 2. The number of hydrogen-bond donors (Lipinski definition) is 1. The maximum absolute atomic E-state index is 11.6. The number of nitrogens with one attached hydrogen (secondary N) is 1. The number of ether oxygens (including phenoxy) is 2. The summed E-state index contributed by atoms with van der Waals surface area (Å²) in [6.07, 6.45) is 3.59. The Bertz CT molecular complexity index is 875. The van der Waals surface area contributed by atoms with Gasteiger partial charge in [-0.3, -0.25) is 14.9 Å². The summed E-state index contributed by atoms with van der Waals surface area (Å²) in [7, 11) is 0. The number of benzene rings is 2. The third kappa shape index (κ3) is 6.12. The maximum atomic E-state index is 11.6. The highest BCUT2D eigenvalue weighted by Gasteiger charge is 2.24. The van der Waals surface area contributed by atoms with E-state index in [0.717, 1.165) is 41.7 Å². The Kier molecular flexibility index (Phi) is 7.36. The number of rotatable bonds is 9. The van der Waals surface area contributed by atoms with E-state index in [2.05, 4.69) is 31.3 Å². The fraction of sp³-hybridized carbons (Fsp3) is 0.304. The lowest BCUT2D eigenvalue weighted by atomic mass is 9.99. The molecule has 2 aromatic rings. The van der Waals surface area contributed by atoms with Crippen LogP contribution in [0, 0.1) is 0 Å². The maximum Gasteiger partial charge on any atom is 0.290 e. The summed E-state index contributed by atoms with van der Waals surface area (Å²) < 4.78 is 11.5. The first-order chi connectivity index (χ1) is 14.0. The molecular weight excluding hydrogens is 386 g/mol. The van der Waals surface area contributed by atoms with Crippen molar-refractivity contribution in [2.24, 2.45) is 0 Å². The Labute approximate surface area is 175 Å². The fourth-order valence-electron chi connectivity index (χ4n) is 2.80. The largest absolute Gasteiger partial charge is 0.493 e. The Hall–Kier alpha value is -2.73. The molecule has 1 N–H and O–H groups in total. The molecule has 6 heteroatoms. The molecule has 0 radical (unpaired) electrons. The summed E-state index contributed by atoms with van der Waals surface area (Å²) in [5, 5.41) is 1.90. The molecule has 0 unspecified atom stereocenters. The summed E-state index contributed by atoms with van der Waals surface area (Å²) in [6, 6.07) is 15.7. The quantitative estimate of drug-likeness (QED) is 0.444. The van der Waals surface area contributed by atoms with Crippen LogP contribution in [0.5, 0.6) is 11.5 Å². The first-order valence-electron chi connectivity index (χ1n) is 9.75. The van der Waals surface area contributed by atoms with Crippen LogP contribution in [0.2, 0.25) is 0 Å². The van der Waals surface area contributed by atoms with E-state index in [1.54, 1.807) is 6.08 Å². The highest BCUT2D eigenvalue weighted by Crippen LogP contribution is 2.26. The SMILES string of the molecule is CC[C@@H](C)c1ccc(OCCCOc2ccc(/C=C3\SC(=O)NC3=O)cc2)cc1. The molecule has 2 aromatic carbocycles. The van der Waals surface area contributed by atoms with Crippen LogP contribution in [-0.2, 0) is 4.79 Å². The van der Waals surface area contributed by atoms with Gasteiger partial charge in [0, 0.05) is 6.42 Å². The molecule has 1 aliphatic rings. The van der Waals surface area contributed by atoms with Crippen molar-refractivity contribution >= 4 is 29.0 Å². The topological polar surface area (TPSA) is 64.6 Å². The molecule has 2 amide bonds. The van der Waals surface area contributed by atoms with Crippen molar-refractivity contribution in [2.45, 2.75) is 32.6 Å². The lowest BCUT2D eigenvalue weighted by Crippen LogP contribution is -2.17. The Balaban J connectivity index is 1.39. The second-order valence-corrected chi connectivity index (χ2v) is 7.86. The van der Waals surface area contributed by atoms with Crippen LogP contribution in [-0.4, -0.2) is 24.4 Å². The summed E-state index contributed by atoms with van der Waals surface area (Å²) >= 11 is 0.910. The van der Waals surface area contributed by atoms with Gasteiger partial charge in [-0.25, -0.2) is 0 Å². The van der Waals surface area contributed by atoms with Gasteiger partial charge in [0.05, 0.1) is 18.1 Å². The predicted octanol–water partition coefficient (Wildman–Crippen LogP) is 5.37. The van der Waals surface area contributed by atoms with Gasteiger partial charge in [0.1, 0.15) is 11.5 Å². The zero-order valence-corrected chi connectivity index (χ0v) is 17.5. The zero-order chi connectivity index (χ0) is 20.6. The second-order valence-electron chi connectivity index (χ2n) is 6.85. The average molecular weight is 412 g/mol. The van der Waals surface area contributed by atoms with Gasteiger partial charge >= 0.3 is 0 Å². The minimum Gasteiger partial charge on any atom is -0.493 e. The lowest BCUT2D eigenvalue weighted by Gasteiger charge is -2.11. The summed E-state index contributed by atoms with van der Waals surface area (Å²) in [5.41, 5.74) is 2.18. The van der Waals surface area contributed by atoms with Crippen molar-refractivity contribution in [3.63, 3.8) is 0 Å². The molecule has 5 nitrogen and oxygen atoms in total. The zero-order valence-electron chi connectivity index (χ0n) is 16.6. The van der Waals surface area contributed by atoms with Crippen molar-refractivity contribution in [1.29, 1.82) is 0 Å². The van der Waals surface area contributed by atoms with E-state index in [4.69, 9.17) is 9.47 Å². The molecule has 0 aromatic heterocycles. The van der Waals surface area contributed by atoms with Crippen LogP contribution >= 0.6 is 11.8 Å². The number of amides is 2. The first kappa shape index (κ1) is 21.0. The van der Waals surface area contributed by atoms with Gasteiger partial charge in [0.15, 0.2) is 0 Å². The lowest BCUT2D eigenvalue weighted by molar-refractivity contribution is -0.115. The molecule has 3 rings (SSSR count). The van der Waals surface area contributed by atoms with E-state index in [9.17, 15) is 9.59 Å². The van der Waals surface area contributed by atoms with Crippen molar-refractivity contribution in [3.8, 4) is 11.5 Å². The van der Waals surface area contributed by atoms with E-state index < -0.39 is 0 Å². The van der Waals surface area contributed by atoms with Crippen molar-refractivity contribution in [3.05, 3.63) is 64.6 Å². The summed E-state index contributed by atoms with van der Waals surface area (Å²) in [4.78, 5) is 23.1. The molecule has 1 atom stereocenters. The standard InChI is InChI=1S/C23H25NO4S/c1-3-16(2)18-7-11-20(12-8-18)28-14-4-13-27-19-9-5-17(6-10-19)15-21-22(25)24-23(26)29-21/h5-12,15-16H,3-4,13-14H2,1-2H3,(H,24,25,26)/b21-15-/t16-/m1/s1. The Morgan fingerprint density at radius 1 is 0.966 bits per heavy atom. The second kappa shape index (κ2) is 10.2. The predicted molar refractivity (Wildman–Crippen MR) is 116 cm³/mol. The number of hydrogen-bond acceptors (Lipinski definition) is 5. The van der Waals surface area contributed by atoms with Gasteiger partial charge in [0.2, 0.25) is 0 Å². The van der Waals surface area contributed by atoms with Gasteiger partial charge in [-0.05, 0) is 65.6 Å². The molecule has 29 heavy (non-hydrogen) atoms. The van der Waals surface area contributed by atoms with E-state index in [1.165, 1.54) is 5.56 Å². The van der Waals surface area contributed by atoms with Crippen molar-refractivity contribution in [1.82, 2.24) is 5.32 Å². The van der Waals surface area contributed by atoms with Gasteiger partial charge in [-0.1, -0.05) is 38.1 Å². The molecule has 1 heterocycles. The third-order valence-corrected chi connectivity index (χ3v) is 5.52. The van der Waals surface area contributed by atoms with Crippen molar-refractivity contribution in [2.75, 3.05) is 13.2 Å². The monoisotopic (exact) mass is 411 g/mol. The minimum absolute atomic E-state index is 0.338. The number of imide groups is 1. The van der Waals surface area contributed by atoms with Gasteiger partial charge in [0.25, 0.3) is 11.1 Å². The Morgan fingerprint density at radius 3 is 2.07 bits per heavy atom.